The fraction of sp³-hybridized carbons (Fsp3) is 0.409. The first-order valence-corrected chi connectivity index (χ1v) is 10.6. The Hall–Kier alpha value is -3.53. The van der Waals surface area contributed by atoms with Crippen LogP contribution in [-0.4, -0.2) is 50.6 Å². The molecule has 1 aliphatic heterocycles. The summed E-state index contributed by atoms with van der Waals surface area (Å²) in [4.78, 5) is 32.0. The van der Waals surface area contributed by atoms with E-state index < -0.39 is 0 Å². The Labute approximate surface area is 186 Å². The molecule has 1 saturated heterocycles. The zero-order valence-corrected chi connectivity index (χ0v) is 18.4. The second-order valence-corrected chi connectivity index (χ2v) is 7.99. The number of aryl methyl sites for hydroxylation is 3. The highest BCUT2D eigenvalue weighted by molar-refractivity contribution is 6.03. The third-order valence-electron chi connectivity index (χ3n) is 5.56. The van der Waals surface area contributed by atoms with E-state index in [4.69, 9.17) is 4.42 Å². The minimum absolute atomic E-state index is 0.0761. The molecule has 0 saturated carbocycles. The van der Waals surface area contributed by atoms with Crippen molar-refractivity contribution in [3.05, 3.63) is 47.1 Å². The topological polar surface area (TPSA) is 129 Å². The summed E-state index contributed by atoms with van der Waals surface area (Å²) in [5.41, 5.74) is 2.69. The van der Waals surface area contributed by atoms with Gasteiger partial charge in [0.1, 0.15) is 5.82 Å². The Morgan fingerprint density at radius 2 is 1.88 bits per heavy atom. The summed E-state index contributed by atoms with van der Waals surface area (Å²) in [5, 5.41) is 15.1. The van der Waals surface area contributed by atoms with Crippen molar-refractivity contribution in [3.63, 3.8) is 0 Å². The molecule has 0 radical (unpaired) electrons. The molecule has 4 rings (SSSR count). The average Bonchev–Trinajstić information content (AvgIpc) is 3.24. The lowest BCUT2D eigenvalue weighted by molar-refractivity contribution is 0.0997. The second kappa shape index (κ2) is 9.31. The lowest BCUT2D eigenvalue weighted by atomic mass is 9.98. The van der Waals surface area contributed by atoms with Gasteiger partial charge in [-0.05, 0) is 50.7 Å². The number of para-hydroxylation sites is 1. The van der Waals surface area contributed by atoms with Crippen LogP contribution < -0.4 is 15.5 Å². The molecule has 32 heavy (non-hydrogen) atoms. The van der Waals surface area contributed by atoms with Crippen molar-refractivity contribution in [1.29, 1.82) is 0 Å². The number of piperidine rings is 1. The quantitative estimate of drug-likeness (QED) is 0.533. The maximum Gasteiger partial charge on any atom is 0.302 e. The Morgan fingerprint density at radius 3 is 2.56 bits per heavy atom. The fourth-order valence-corrected chi connectivity index (χ4v) is 3.70. The van der Waals surface area contributed by atoms with Crippen molar-refractivity contribution < 1.29 is 14.3 Å². The molecule has 10 nitrogen and oxygen atoms in total. The summed E-state index contributed by atoms with van der Waals surface area (Å²) < 4.78 is 5.58. The third-order valence-corrected chi connectivity index (χ3v) is 5.56. The number of nitrogens with one attached hydrogen (secondary N) is 2. The van der Waals surface area contributed by atoms with Gasteiger partial charge in [-0.15, -0.1) is 0 Å². The summed E-state index contributed by atoms with van der Waals surface area (Å²) in [7, 11) is 0. The van der Waals surface area contributed by atoms with Crippen LogP contribution in [0, 0.1) is 26.7 Å². The van der Waals surface area contributed by atoms with Crippen LogP contribution >= 0.6 is 0 Å². The third kappa shape index (κ3) is 4.86. The van der Waals surface area contributed by atoms with E-state index in [9.17, 15) is 9.90 Å². The molecule has 1 fully saturated rings. The zero-order valence-electron chi connectivity index (χ0n) is 18.4. The van der Waals surface area contributed by atoms with Gasteiger partial charge in [0.15, 0.2) is 0 Å². The summed E-state index contributed by atoms with van der Waals surface area (Å²) >= 11 is 0. The van der Waals surface area contributed by atoms with Crippen LogP contribution in [0.2, 0.25) is 0 Å². The van der Waals surface area contributed by atoms with E-state index in [1.807, 2.05) is 32.0 Å². The van der Waals surface area contributed by atoms with Gasteiger partial charge in [0.2, 0.25) is 17.7 Å². The van der Waals surface area contributed by atoms with E-state index in [1.165, 1.54) is 6.20 Å². The number of benzene rings is 1. The number of anilines is 4. The Balaban J connectivity index is 1.45. The Bertz CT molecular complexity index is 1090. The van der Waals surface area contributed by atoms with Crippen molar-refractivity contribution >= 4 is 29.5 Å². The second-order valence-electron chi connectivity index (χ2n) is 7.99. The summed E-state index contributed by atoms with van der Waals surface area (Å²) in [5.74, 6) is 1.43. The highest BCUT2D eigenvalue weighted by Crippen LogP contribution is 2.23. The standard InChI is InChI=1S/C22H27N7O3/c1-13-5-4-6-14(2)18(13)26-19(31)17-11-23-22(32-17)28-20-24-15(3)25-21(27-20)29-9-7-16(12-30)8-10-29/h4-6,11,16,30H,7-10,12H2,1-3H3,(H,26,31)(H,23,24,25,27,28). The molecule has 168 valence electrons. The molecule has 10 heteroatoms. The molecule has 3 heterocycles. The molecule has 0 spiro atoms. The highest BCUT2D eigenvalue weighted by Gasteiger charge is 2.22. The Morgan fingerprint density at radius 1 is 1.16 bits per heavy atom. The molecule has 1 aromatic carbocycles. The number of nitrogens with zero attached hydrogens (tertiary/aromatic N) is 5. The monoisotopic (exact) mass is 437 g/mol. The first-order chi connectivity index (χ1) is 15.4. The van der Waals surface area contributed by atoms with Crippen LogP contribution in [-0.2, 0) is 0 Å². The smallest absolute Gasteiger partial charge is 0.302 e. The van der Waals surface area contributed by atoms with Gasteiger partial charge in [0.05, 0.1) is 6.20 Å². The predicted octanol–water partition coefficient (Wildman–Crippen LogP) is 2.99. The summed E-state index contributed by atoms with van der Waals surface area (Å²) in [6.07, 6.45) is 3.14. The lowest BCUT2D eigenvalue weighted by Crippen LogP contribution is -2.36. The van der Waals surface area contributed by atoms with Crippen LogP contribution in [0.25, 0.3) is 0 Å². The number of amides is 1. The van der Waals surface area contributed by atoms with Crippen molar-refractivity contribution in [1.82, 2.24) is 19.9 Å². The van der Waals surface area contributed by atoms with Gasteiger partial charge < -0.3 is 19.7 Å². The van der Waals surface area contributed by atoms with Crippen molar-refractivity contribution in [2.45, 2.75) is 33.6 Å². The molecule has 0 atom stereocenters. The van der Waals surface area contributed by atoms with Gasteiger partial charge in [-0.25, -0.2) is 4.98 Å². The number of oxazole rings is 1. The summed E-state index contributed by atoms with van der Waals surface area (Å²) in [6, 6.07) is 5.93. The number of aliphatic hydroxyl groups is 1. The van der Waals surface area contributed by atoms with E-state index in [1.54, 1.807) is 6.92 Å². The first-order valence-electron chi connectivity index (χ1n) is 10.6. The van der Waals surface area contributed by atoms with E-state index in [2.05, 4.69) is 35.5 Å². The lowest BCUT2D eigenvalue weighted by Gasteiger charge is -2.31. The molecule has 1 amide bonds. The van der Waals surface area contributed by atoms with Gasteiger partial charge in [-0.3, -0.25) is 10.1 Å². The molecule has 0 bridgehead atoms. The van der Waals surface area contributed by atoms with Crippen LogP contribution in [0.3, 0.4) is 0 Å². The van der Waals surface area contributed by atoms with Gasteiger partial charge in [0.25, 0.3) is 5.91 Å². The van der Waals surface area contributed by atoms with Gasteiger partial charge in [0, 0.05) is 25.4 Å². The number of carbonyl (C=O) groups excluding carboxylic acids is 1. The van der Waals surface area contributed by atoms with Crippen molar-refractivity contribution in [2.24, 2.45) is 5.92 Å². The van der Waals surface area contributed by atoms with Crippen molar-refractivity contribution in [2.75, 3.05) is 35.2 Å². The molecular formula is C22H27N7O3. The van der Waals surface area contributed by atoms with Crippen molar-refractivity contribution in [3.8, 4) is 0 Å². The SMILES string of the molecule is Cc1nc(Nc2ncc(C(=O)Nc3c(C)cccc3C)o2)nc(N2CCC(CO)CC2)n1. The van der Waals surface area contributed by atoms with Gasteiger partial charge >= 0.3 is 6.01 Å². The van der Waals surface area contributed by atoms with E-state index >= 15 is 0 Å². The van der Waals surface area contributed by atoms with E-state index in [-0.39, 0.29) is 24.3 Å². The maximum absolute atomic E-state index is 12.6. The van der Waals surface area contributed by atoms with E-state index in [0.717, 1.165) is 42.7 Å². The largest absolute Gasteiger partial charge is 0.418 e. The molecule has 3 aromatic rings. The molecule has 2 aromatic heterocycles. The van der Waals surface area contributed by atoms with Crippen LogP contribution in [0.4, 0.5) is 23.6 Å². The number of hydrogen-bond acceptors (Lipinski definition) is 9. The zero-order chi connectivity index (χ0) is 22.7. The van der Waals surface area contributed by atoms with Crippen LogP contribution in [0.5, 0.6) is 0 Å². The maximum atomic E-state index is 12.6. The molecule has 1 aliphatic rings. The Kier molecular flexibility index (Phi) is 6.31. The predicted molar refractivity (Wildman–Crippen MR) is 120 cm³/mol. The number of hydrogen-bond donors (Lipinski definition) is 3. The van der Waals surface area contributed by atoms with E-state index in [0.29, 0.717) is 23.6 Å². The minimum Gasteiger partial charge on any atom is -0.418 e. The number of carbonyl (C=O) groups is 1. The normalized spacial score (nSPS) is 14.4. The average molecular weight is 438 g/mol. The molecule has 0 aliphatic carbocycles. The van der Waals surface area contributed by atoms with Crippen LogP contribution in [0.15, 0.2) is 28.8 Å². The number of aromatic nitrogens is 4. The number of aliphatic hydroxyl groups excluding tert-OH is 1. The van der Waals surface area contributed by atoms with Crippen LogP contribution in [0.1, 0.15) is 40.3 Å². The molecular weight excluding hydrogens is 410 g/mol. The number of rotatable bonds is 6. The highest BCUT2D eigenvalue weighted by atomic mass is 16.4. The fourth-order valence-electron chi connectivity index (χ4n) is 3.70. The molecule has 3 N–H and O–H groups in total. The van der Waals surface area contributed by atoms with Gasteiger partial charge in [-0.1, -0.05) is 18.2 Å². The van der Waals surface area contributed by atoms with Gasteiger partial charge in [-0.2, -0.15) is 15.0 Å². The molecule has 0 unspecified atom stereocenters. The summed E-state index contributed by atoms with van der Waals surface area (Å²) in [6.45, 7) is 7.41. The first kappa shape index (κ1) is 21.7. The minimum atomic E-state index is -0.387.